The molecule has 2 heterocycles. The van der Waals surface area contributed by atoms with Crippen molar-refractivity contribution in [3.8, 4) is 5.75 Å². The summed E-state index contributed by atoms with van der Waals surface area (Å²) in [6.07, 6.45) is -0.385. The number of para-hydroxylation sites is 1. The third kappa shape index (κ3) is 6.26. The van der Waals surface area contributed by atoms with E-state index in [9.17, 15) is 18.3 Å². The summed E-state index contributed by atoms with van der Waals surface area (Å²) in [4.78, 5) is 17.4. The van der Waals surface area contributed by atoms with Gasteiger partial charge in [-0.1, -0.05) is 48.5 Å². The second-order valence-electron chi connectivity index (χ2n) is 10.2. The first-order valence-corrected chi connectivity index (χ1v) is 14.4. The zero-order valence-electron chi connectivity index (χ0n) is 22.9. The van der Waals surface area contributed by atoms with Crippen LogP contribution in [0.5, 0.6) is 5.75 Å². The molecule has 2 N–H and O–H groups in total. The molecule has 0 fully saturated rings. The molecule has 11 heteroatoms. The van der Waals surface area contributed by atoms with Gasteiger partial charge >= 0.3 is 0 Å². The second kappa shape index (κ2) is 11.8. The fourth-order valence-corrected chi connectivity index (χ4v) is 6.26. The van der Waals surface area contributed by atoms with E-state index in [4.69, 9.17) is 9.26 Å². The molecule has 1 aliphatic heterocycles. The van der Waals surface area contributed by atoms with E-state index < -0.39 is 16.1 Å². The van der Waals surface area contributed by atoms with Crippen LogP contribution in [0.1, 0.15) is 41.2 Å². The predicted octanol–water partition coefficient (Wildman–Crippen LogP) is 3.44. The molecule has 39 heavy (non-hydrogen) atoms. The van der Waals surface area contributed by atoms with Crippen LogP contribution in [0.2, 0.25) is 0 Å². The first-order chi connectivity index (χ1) is 18.5. The number of hydrogen-bond donors (Lipinski definition) is 2. The van der Waals surface area contributed by atoms with Gasteiger partial charge in [-0.2, -0.15) is 0 Å². The molecule has 0 unspecified atom stereocenters. The first kappa shape index (κ1) is 28.6. The van der Waals surface area contributed by atoms with Crippen molar-refractivity contribution in [2.75, 3.05) is 31.5 Å². The van der Waals surface area contributed by atoms with Crippen molar-refractivity contribution in [2.24, 2.45) is 5.92 Å². The topological polar surface area (TPSA) is 125 Å². The summed E-state index contributed by atoms with van der Waals surface area (Å²) in [7, 11) is -2.10. The van der Waals surface area contributed by atoms with Crippen molar-refractivity contribution in [3.63, 3.8) is 0 Å². The highest BCUT2D eigenvalue weighted by Crippen LogP contribution is 2.36. The average Bonchev–Trinajstić information content (AvgIpc) is 3.25. The van der Waals surface area contributed by atoms with Gasteiger partial charge in [-0.05, 0) is 45.5 Å². The van der Waals surface area contributed by atoms with E-state index >= 15 is 0 Å². The van der Waals surface area contributed by atoms with E-state index in [2.05, 4.69) is 26.9 Å². The number of likely N-dealkylation sites (N-methyl/N-ethyl adjacent to an activating group) is 1. The maximum Gasteiger partial charge on any atom is 0.267 e. The third-order valence-corrected chi connectivity index (χ3v) is 8.57. The standard InChI is InChI=1S/C28H36N4O6S/c1-18-14-32(19(2)17-33)28(34)23-12-9-13-24(30-39(35,36)27-20(3)29-38-21(27)4)26(23)37-25(18)16-31(5)15-22-10-7-6-8-11-22/h6-13,18-19,25,30,33H,14-17H2,1-5H3/t18-,19-,25-/m0/s1. The average molecular weight is 557 g/mol. The molecule has 0 radical (unpaired) electrons. The molecule has 0 spiro atoms. The van der Waals surface area contributed by atoms with Crippen LogP contribution < -0.4 is 9.46 Å². The highest BCUT2D eigenvalue weighted by molar-refractivity contribution is 7.92. The van der Waals surface area contributed by atoms with Crippen LogP contribution in [0.25, 0.3) is 0 Å². The van der Waals surface area contributed by atoms with Crippen molar-refractivity contribution in [2.45, 2.75) is 51.3 Å². The second-order valence-corrected chi connectivity index (χ2v) is 11.9. The van der Waals surface area contributed by atoms with Gasteiger partial charge in [0.1, 0.15) is 11.8 Å². The number of rotatable bonds is 9. The highest BCUT2D eigenvalue weighted by Gasteiger charge is 2.35. The lowest BCUT2D eigenvalue weighted by Crippen LogP contribution is -2.49. The number of benzene rings is 2. The third-order valence-electron chi connectivity index (χ3n) is 6.96. The number of amides is 1. The lowest BCUT2D eigenvalue weighted by atomic mass is 9.99. The molecule has 1 aliphatic rings. The number of aryl methyl sites for hydroxylation is 2. The summed E-state index contributed by atoms with van der Waals surface area (Å²) in [5.41, 5.74) is 1.74. The van der Waals surface area contributed by atoms with Crippen LogP contribution in [0.3, 0.4) is 0 Å². The maximum atomic E-state index is 13.7. The molecule has 4 rings (SSSR count). The predicted molar refractivity (Wildman–Crippen MR) is 147 cm³/mol. The molecule has 210 valence electrons. The highest BCUT2D eigenvalue weighted by atomic mass is 32.2. The molecule has 0 aliphatic carbocycles. The Morgan fingerprint density at radius 2 is 1.90 bits per heavy atom. The monoisotopic (exact) mass is 556 g/mol. The maximum absolute atomic E-state index is 13.7. The number of aromatic nitrogens is 1. The summed E-state index contributed by atoms with van der Waals surface area (Å²) < 4.78 is 40.9. The summed E-state index contributed by atoms with van der Waals surface area (Å²) >= 11 is 0. The SMILES string of the molecule is Cc1noc(C)c1S(=O)(=O)Nc1cccc2c1O[C@@H](CN(C)Cc1ccccc1)[C@@H](C)CN([C@@H](C)CO)C2=O. The van der Waals surface area contributed by atoms with Crippen molar-refractivity contribution in [3.05, 3.63) is 71.1 Å². The normalized spacial score (nSPS) is 18.7. The quantitative estimate of drug-likeness (QED) is 0.411. The Labute approximate surface area is 229 Å². The number of fused-ring (bicyclic) bond motifs is 1. The summed E-state index contributed by atoms with van der Waals surface area (Å²) in [6.45, 7) is 8.24. The minimum atomic E-state index is -4.09. The smallest absolute Gasteiger partial charge is 0.267 e. The van der Waals surface area contributed by atoms with Crippen molar-refractivity contribution in [1.82, 2.24) is 15.0 Å². The molecule has 0 saturated carbocycles. The molecule has 2 aromatic carbocycles. The van der Waals surface area contributed by atoms with Crippen molar-refractivity contribution >= 4 is 21.6 Å². The summed E-state index contributed by atoms with van der Waals surface area (Å²) in [5.74, 6) is -0.153. The number of carbonyl (C=O) groups excluding carboxylic acids is 1. The van der Waals surface area contributed by atoms with Gasteiger partial charge < -0.3 is 19.3 Å². The van der Waals surface area contributed by atoms with E-state index in [1.165, 1.54) is 6.92 Å². The van der Waals surface area contributed by atoms with E-state index in [0.29, 0.717) is 19.6 Å². The van der Waals surface area contributed by atoms with E-state index in [-0.39, 0.29) is 57.9 Å². The molecular formula is C28H36N4O6S. The van der Waals surface area contributed by atoms with Crippen molar-refractivity contribution < 1.29 is 27.6 Å². The number of sulfonamides is 1. The van der Waals surface area contributed by atoms with Crippen LogP contribution in [-0.2, 0) is 16.6 Å². The fraction of sp³-hybridized carbons (Fsp3) is 0.429. The Bertz CT molecular complexity index is 1390. The minimum Gasteiger partial charge on any atom is -0.486 e. The lowest BCUT2D eigenvalue weighted by Gasteiger charge is -2.38. The fourth-order valence-electron chi connectivity index (χ4n) is 4.86. The van der Waals surface area contributed by atoms with Gasteiger partial charge in [0, 0.05) is 25.6 Å². The molecular weight excluding hydrogens is 520 g/mol. The van der Waals surface area contributed by atoms with E-state index in [1.54, 1.807) is 36.9 Å². The summed E-state index contributed by atoms with van der Waals surface area (Å²) in [5, 5.41) is 13.7. The van der Waals surface area contributed by atoms with Gasteiger partial charge in [0.25, 0.3) is 15.9 Å². The van der Waals surface area contributed by atoms with Gasteiger partial charge in [-0.15, -0.1) is 0 Å². The zero-order chi connectivity index (χ0) is 28.3. The van der Waals surface area contributed by atoms with Crippen LogP contribution in [0.4, 0.5) is 5.69 Å². The van der Waals surface area contributed by atoms with Crippen LogP contribution in [0, 0.1) is 19.8 Å². The van der Waals surface area contributed by atoms with Gasteiger partial charge in [-0.3, -0.25) is 14.4 Å². The zero-order valence-corrected chi connectivity index (χ0v) is 23.7. The van der Waals surface area contributed by atoms with Gasteiger partial charge in [0.2, 0.25) is 0 Å². The number of nitrogens with zero attached hydrogens (tertiary/aromatic N) is 3. The number of nitrogens with one attached hydrogen (secondary N) is 1. The molecule has 3 atom stereocenters. The molecule has 1 amide bonds. The molecule has 3 aromatic rings. The van der Waals surface area contributed by atoms with Gasteiger partial charge in [0.15, 0.2) is 16.4 Å². The van der Waals surface area contributed by atoms with Crippen molar-refractivity contribution in [1.29, 1.82) is 0 Å². The van der Waals surface area contributed by atoms with Crippen LogP contribution in [-0.4, -0.2) is 73.3 Å². The van der Waals surface area contributed by atoms with Gasteiger partial charge in [0.05, 0.1) is 23.9 Å². The summed E-state index contributed by atoms with van der Waals surface area (Å²) in [6, 6.07) is 14.4. The Balaban J connectivity index is 1.73. The Hall–Kier alpha value is -3.41. The first-order valence-electron chi connectivity index (χ1n) is 12.9. The number of aliphatic hydroxyl groups excluding tert-OH is 1. The molecule has 1 aromatic heterocycles. The largest absolute Gasteiger partial charge is 0.486 e. The number of ether oxygens (including phenoxy) is 1. The Morgan fingerprint density at radius 1 is 1.18 bits per heavy atom. The molecule has 0 bridgehead atoms. The van der Waals surface area contributed by atoms with Gasteiger partial charge in [-0.25, -0.2) is 8.42 Å². The van der Waals surface area contributed by atoms with Crippen LogP contribution >= 0.6 is 0 Å². The van der Waals surface area contributed by atoms with E-state index in [1.807, 2.05) is 32.2 Å². The lowest BCUT2D eigenvalue weighted by molar-refractivity contribution is 0.0344. The number of carbonyl (C=O) groups is 1. The Morgan fingerprint density at radius 3 is 2.54 bits per heavy atom. The number of aliphatic hydroxyl groups is 1. The molecule has 10 nitrogen and oxygen atoms in total. The number of anilines is 1. The minimum absolute atomic E-state index is 0.0553. The van der Waals surface area contributed by atoms with Crippen LogP contribution in [0.15, 0.2) is 57.9 Å². The van der Waals surface area contributed by atoms with E-state index in [0.717, 1.165) is 5.56 Å². The molecule has 0 saturated heterocycles. The Kier molecular flexibility index (Phi) is 8.63. The number of hydrogen-bond acceptors (Lipinski definition) is 8.